The van der Waals surface area contributed by atoms with Gasteiger partial charge in [-0.25, -0.2) is 9.67 Å². The number of aromatic nitrogens is 6. The minimum Gasteiger partial charge on any atom is -0.302 e. The molecule has 0 saturated heterocycles. The molecular formula is C21H18ClN7O. The van der Waals surface area contributed by atoms with Crippen molar-refractivity contribution < 1.29 is 4.79 Å². The van der Waals surface area contributed by atoms with Crippen LogP contribution >= 0.6 is 11.6 Å². The van der Waals surface area contributed by atoms with E-state index in [0.29, 0.717) is 29.0 Å². The standard InChI is InChI=1S/C21H18ClN7O/c22-16-3-1-2-4-17(16)29-20(15-5-6-15)25-19(27-29)21(30)24-18-9-12-28(26-18)13-14-7-10-23-11-8-14/h1-4,7-12,15H,5-6,13H2,(H,24,26,30). The molecule has 1 saturated carbocycles. The number of anilines is 1. The number of halogens is 1. The van der Waals surface area contributed by atoms with E-state index in [2.05, 4.69) is 25.5 Å². The summed E-state index contributed by atoms with van der Waals surface area (Å²) in [7, 11) is 0. The van der Waals surface area contributed by atoms with E-state index < -0.39 is 5.91 Å². The van der Waals surface area contributed by atoms with Crippen molar-refractivity contribution in [2.24, 2.45) is 0 Å². The number of rotatable bonds is 6. The van der Waals surface area contributed by atoms with Crippen LogP contribution in [0, 0.1) is 0 Å². The zero-order chi connectivity index (χ0) is 20.5. The van der Waals surface area contributed by atoms with Crippen molar-refractivity contribution >= 4 is 23.3 Å². The van der Waals surface area contributed by atoms with Crippen LogP contribution < -0.4 is 5.32 Å². The van der Waals surface area contributed by atoms with Crippen molar-refractivity contribution in [3.63, 3.8) is 0 Å². The molecule has 3 heterocycles. The van der Waals surface area contributed by atoms with Crippen molar-refractivity contribution in [2.75, 3.05) is 5.32 Å². The third-order valence-electron chi connectivity index (χ3n) is 4.83. The van der Waals surface area contributed by atoms with E-state index in [1.807, 2.05) is 30.3 Å². The van der Waals surface area contributed by atoms with Gasteiger partial charge in [-0.15, -0.1) is 5.10 Å². The number of carbonyl (C=O) groups is 1. The second-order valence-corrected chi connectivity index (χ2v) is 7.55. The summed E-state index contributed by atoms with van der Waals surface area (Å²) < 4.78 is 3.42. The second-order valence-electron chi connectivity index (χ2n) is 7.14. The number of benzene rings is 1. The topological polar surface area (TPSA) is 90.5 Å². The predicted octanol–water partition coefficient (Wildman–Crippen LogP) is 3.69. The lowest BCUT2D eigenvalue weighted by atomic mass is 10.3. The maximum Gasteiger partial charge on any atom is 0.296 e. The summed E-state index contributed by atoms with van der Waals surface area (Å²) >= 11 is 6.34. The number of nitrogens with one attached hydrogen (secondary N) is 1. The molecule has 0 spiro atoms. The summed E-state index contributed by atoms with van der Waals surface area (Å²) in [5.74, 6) is 1.19. The van der Waals surface area contributed by atoms with Gasteiger partial charge in [-0.2, -0.15) is 5.10 Å². The summed E-state index contributed by atoms with van der Waals surface area (Å²) in [5, 5.41) is 12.2. The minimum atomic E-state index is -0.406. The molecule has 1 aromatic carbocycles. The maximum absolute atomic E-state index is 12.8. The molecule has 150 valence electrons. The van der Waals surface area contributed by atoms with E-state index in [0.717, 1.165) is 24.2 Å². The van der Waals surface area contributed by atoms with Crippen LogP contribution in [0.3, 0.4) is 0 Å². The SMILES string of the molecule is O=C(Nc1ccn(Cc2ccncc2)n1)c1nc(C2CC2)n(-c2ccccc2Cl)n1. The summed E-state index contributed by atoms with van der Waals surface area (Å²) in [4.78, 5) is 21.3. The van der Waals surface area contributed by atoms with Crippen LogP contribution in [0.4, 0.5) is 5.82 Å². The maximum atomic E-state index is 12.8. The van der Waals surface area contributed by atoms with Crippen LogP contribution in [-0.2, 0) is 6.54 Å². The lowest BCUT2D eigenvalue weighted by Gasteiger charge is -2.06. The first-order chi connectivity index (χ1) is 14.7. The summed E-state index contributed by atoms with van der Waals surface area (Å²) in [6.07, 6.45) is 7.34. The predicted molar refractivity (Wildman–Crippen MR) is 112 cm³/mol. The Balaban J connectivity index is 1.36. The average molecular weight is 420 g/mol. The Hall–Kier alpha value is -3.52. The molecule has 0 aliphatic heterocycles. The smallest absolute Gasteiger partial charge is 0.296 e. The minimum absolute atomic E-state index is 0.0977. The number of pyridine rings is 1. The fourth-order valence-corrected chi connectivity index (χ4v) is 3.41. The molecule has 5 rings (SSSR count). The van der Waals surface area contributed by atoms with Gasteiger partial charge < -0.3 is 5.32 Å². The molecule has 9 heteroatoms. The molecule has 1 aliphatic carbocycles. The van der Waals surface area contributed by atoms with Crippen LogP contribution in [-0.4, -0.2) is 35.4 Å². The summed E-state index contributed by atoms with van der Waals surface area (Å²) in [5.41, 5.74) is 1.79. The van der Waals surface area contributed by atoms with Crippen molar-refractivity contribution in [1.29, 1.82) is 0 Å². The van der Waals surface area contributed by atoms with Crippen LogP contribution in [0.1, 0.15) is 40.8 Å². The van der Waals surface area contributed by atoms with Gasteiger partial charge in [0.2, 0.25) is 5.82 Å². The molecule has 0 bridgehead atoms. The average Bonchev–Trinajstić information content (AvgIpc) is 3.36. The van der Waals surface area contributed by atoms with Crippen molar-refractivity contribution in [1.82, 2.24) is 29.5 Å². The fourth-order valence-electron chi connectivity index (χ4n) is 3.19. The number of hydrogen-bond donors (Lipinski definition) is 1. The molecule has 8 nitrogen and oxygen atoms in total. The first-order valence-corrected chi connectivity index (χ1v) is 10.0. The highest BCUT2D eigenvalue weighted by atomic mass is 35.5. The molecule has 0 unspecified atom stereocenters. The Bertz CT molecular complexity index is 1200. The van der Waals surface area contributed by atoms with Gasteiger partial charge in [-0.3, -0.25) is 14.5 Å². The Labute approximate surface area is 177 Å². The molecule has 0 radical (unpaired) electrons. The highest BCUT2D eigenvalue weighted by Crippen LogP contribution is 2.40. The Morgan fingerprint density at radius 2 is 1.90 bits per heavy atom. The highest BCUT2D eigenvalue weighted by molar-refractivity contribution is 6.32. The molecule has 1 fully saturated rings. The van der Waals surface area contributed by atoms with E-state index in [9.17, 15) is 4.79 Å². The number of carbonyl (C=O) groups excluding carboxylic acids is 1. The zero-order valence-electron chi connectivity index (χ0n) is 15.9. The van der Waals surface area contributed by atoms with E-state index in [-0.39, 0.29) is 5.82 Å². The van der Waals surface area contributed by atoms with Gasteiger partial charge in [0.1, 0.15) is 5.82 Å². The van der Waals surface area contributed by atoms with Gasteiger partial charge in [-0.1, -0.05) is 23.7 Å². The first kappa shape index (κ1) is 18.5. The Morgan fingerprint density at radius 3 is 2.67 bits per heavy atom. The molecule has 4 aromatic rings. The third-order valence-corrected chi connectivity index (χ3v) is 5.15. The van der Waals surface area contributed by atoms with E-state index in [1.54, 1.807) is 40.1 Å². The van der Waals surface area contributed by atoms with Crippen LogP contribution in [0.2, 0.25) is 5.02 Å². The molecular weight excluding hydrogens is 402 g/mol. The number of nitrogens with zero attached hydrogens (tertiary/aromatic N) is 6. The zero-order valence-corrected chi connectivity index (χ0v) is 16.7. The van der Waals surface area contributed by atoms with Crippen LogP contribution in [0.25, 0.3) is 5.69 Å². The van der Waals surface area contributed by atoms with Gasteiger partial charge >= 0.3 is 0 Å². The second kappa shape index (κ2) is 7.72. The molecule has 0 atom stereocenters. The van der Waals surface area contributed by atoms with Crippen molar-refractivity contribution in [3.05, 3.63) is 83.3 Å². The van der Waals surface area contributed by atoms with Crippen LogP contribution in [0.15, 0.2) is 61.1 Å². The summed E-state index contributed by atoms with van der Waals surface area (Å²) in [6, 6.07) is 13.0. The van der Waals surface area contributed by atoms with Crippen molar-refractivity contribution in [2.45, 2.75) is 25.3 Å². The number of para-hydroxylation sites is 1. The largest absolute Gasteiger partial charge is 0.302 e. The van der Waals surface area contributed by atoms with Gasteiger partial charge in [0.15, 0.2) is 5.82 Å². The molecule has 1 N–H and O–H groups in total. The number of hydrogen-bond acceptors (Lipinski definition) is 5. The molecule has 3 aromatic heterocycles. The monoisotopic (exact) mass is 419 g/mol. The Kier molecular flexibility index (Phi) is 4.76. The lowest BCUT2D eigenvalue weighted by molar-refractivity contribution is 0.101. The fraction of sp³-hybridized carbons (Fsp3) is 0.190. The van der Waals surface area contributed by atoms with Gasteiger partial charge in [-0.05, 0) is 42.7 Å². The van der Waals surface area contributed by atoms with E-state index in [1.165, 1.54) is 0 Å². The molecule has 1 amide bonds. The lowest BCUT2D eigenvalue weighted by Crippen LogP contribution is -2.15. The Morgan fingerprint density at radius 1 is 1.10 bits per heavy atom. The molecule has 1 aliphatic rings. The quantitative estimate of drug-likeness (QED) is 0.514. The summed E-state index contributed by atoms with van der Waals surface area (Å²) in [6.45, 7) is 0.587. The normalized spacial score (nSPS) is 13.4. The van der Waals surface area contributed by atoms with E-state index in [4.69, 9.17) is 11.6 Å². The van der Waals surface area contributed by atoms with Crippen LogP contribution in [0.5, 0.6) is 0 Å². The van der Waals surface area contributed by atoms with E-state index >= 15 is 0 Å². The number of amides is 1. The van der Waals surface area contributed by atoms with Crippen molar-refractivity contribution in [3.8, 4) is 5.69 Å². The van der Waals surface area contributed by atoms with Gasteiger partial charge in [0.25, 0.3) is 5.91 Å². The highest BCUT2D eigenvalue weighted by Gasteiger charge is 2.32. The first-order valence-electron chi connectivity index (χ1n) is 9.63. The third kappa shape index (κ3) is 3.81. The van der Waals surface area contributed by atoms with Gasteiger partial charge in [0, 0.05) is 30.6 Å². The molecule has 30 heavy (non-hydrogen) atoms. The van der Waals surface area contributed by atoms with Gasteiger partial charge in [0.05, 0.1) is 17.3 Å².